The smallest absolute Gasteiger partial charge is 0.267 e. The summed E-state index contributed by atoms with van der Waals surface area (Å²) in [5.41, 5.74) is 2.72. The summed E-state index contributed by atoms with van der Waals surface area (Å²) >= 11 is 8.04. The van der Waals surface area contributed by atoms with E-state index >= 15 is 0 Å². The molecule has 0 spiro atoms. The van der Waals surface area contributed by atoms with Gasteiger partial charge in [0.25, 0.3) is 11.5 Å². The number of hydrogen-bond donors (Lipinski definition) is 2. The lowest BCUT2D eigenvalue weighted by molar-refractivity contribution is 0.0949. The molecule has 156 valence electrons. The molecule has 1 aliphatic rings. The summed E-state index contributed by atoms with van der Waals surface area (Å²) in [6.07, 6.45) is 3.33. The van der Waals surface area contributed by atoms with Crippen molar-refractivity contribution in [1.29, 1.82) is 0 Å². The van der Waals surface area contributed by atoms with Crippen molar-refractivity contribution >= 4 is 40.2 Å². The number of thioether (sulfide) groups is 1. The third kappa shape index (κ3) is 3.64. The number of aromatic nitrogens is 3. The Kier molecular flexibility index (Phi) is 5.29. The average molecular weight is 451 g/mol. The van der Waals surface area contributed by atoms with E-state index in [1.54, 1.807) is 4.57 Å². The highest BCUT2D eigenvalue weighted by Crippen LogP contribution is 2.34. The zero-order valence-electron chi connectivity index (χ0n) is 16.5. The highest BCUT2D eigenvalue weighted by atomic mass is 35.5. The summed E-state index contributed by atoms with van der Waals surface area (Å²) < 4.78 is 1.56. The molecule has 6 nitrogen and oxygen atoms in total. The number of amides is 1. The van der Waals surface area contributed by atoms with E-state index in [1.165, 1.54) is 18.0 Å². The summed E-state index contributed by atoms with van der Waals surface area (Å²) in [6, 6.07) is 15.6. The monoisotopic (exact) mass is 450 g/mol. The van der Waals surface area contributed by atoms with Crippen LogP contribution in [0.4, 0.5) is 0 Å². The van der Waals surface area contributed by atoms with Gasteiger partial charge in [-0.2, -0.15) is 0 Å². The summed E-state index contributed by atoms with van der Waals surface area (Å²) in [4.78, 5) is 33.2. The Bertz CT molecular complexity index is 1350. The van der Waals surface area contributed by atoms with Crippen LogP contribution in [0.1, 0.15) is 27.4 Å². The Morgan fingerprint density at radius 2 is 2.00 bits per heavy atom. The van der Waals surface area contributed by atoms with Crippen molar-refractivity contribution in [3.8, 4) is 0 Å². The van der Waals surface area contributed by atoms with Crippen LogP contribution in [-0.4, -0.2) is 32.7 Å². The predicted octanol–water partition coefficient (Wildman–Crippen LogP) is 4.05. The van der Waals surface area contributed by atoms with E-state index in [-0.39, 0.29) is 17.0 Å². The molecule has 8 heteroatoms. The quantitative estimate of drug-likeness (QED) is 0.449. The van der Waals surface area contributed by atoms with E-state index in [1.807, 2.05) is 54.7 Å². The van der Waals surface area contributed by atoms with Crippen LogP contribution in [0.2, 0.25) is 5.02 Å². The second-order valence-corrected chi connectivity index (χ2v) is 8.80. The number of aromatic amines is 1. The number of nitrogens with one attached hydrogen (secondary N) is 2. The molecule has 31 heavy (non-hydrogen) atoms. The topological polar surface area (TPSA) is 79.8 Å². The molecular formula is C23H19ClN4O2S. The van der Waals surface area contributed by atoms with Crippen LogP contribution in [0.25, 0.3) is 10.9 Å². The molecule has 0 radical (unpaired) electrons. The van der Waals surface area contributed by atoms with E-state index in [4.69, 9.17) is 11.6 Å². The molecule has 1 aliphatic heterocycles. The Hall–Kier alpha value is -3.03. The third-order valence-electron chi connectivity index (χ3n) is 5.55. The lowest BCUT2D eigenvalue weighted by atomic mass is 9.90. The van der Waals surface area contributed by atoms with E-state index in [0.717, 1.165) is 27.8 Å². The van der Waals surface area contributed by atoms with Gasteiger partial charge >= 0.3 is 0 Å². The van der Waals surface area contributed by atoms with Crippen molar-refractivity contribution in [3.63, 3.8) is 0 Å². The fourth-order valence-electron chi connectivity index (χ4n) is 3.99. The Morgan fingerprint density at radius 1 is 1.19 bits per heavy atom. The van der Waals surface area contributed by atoms with Gasteiger partial charge in [0.15, 0.2) is 5.16 Å². The van der Waals surface area contributed by atoms with Gasteiger partial charge in [-0.05, 0) is 23.3 Å². The maximum Gasteiger partial charge on any atom is 0.267 e. The first kappa shape index (κ1) is 19.9. The number of nitrogens with zero attached hydrogens (tertiary/aromatic N) is 2. The van der Waals surface area contributed by atoms with Gasteiger partial charge in [-0.1, -0.05) is 59.8 Å². The fourth-order valence-corrected chi connectivity index (χ4v) is 5.17. The number of carbonyl (C=O) groups is 1. The molecule has 3 heterocycles. The number of rotatable bonds is 5. The van der Waals surface area contributed by atoms with Crippen LogP contribution in [0.5, 0.6) is 0 Å². The number of benzene rings is 2. The predicted molar refractivity (Wildman–Crippen MR) is 123 cm³/mol. The summed E-state index contributed by atoms with van der Waals surface area (Å²) in [5.74, 6) is 0.179. The lowest BCUT2D eigenvalue weighted by Gasteiger charge is -2.19. The molecule has 1 amide bonds. The lowest BCUT2D eigenvalue weighted by Crippen LogP contribution is -2.35. The maximum atomic E-state index is 12.9. The standard InChI is InChI=1S/C23H19ClN4O2S/c24-19-7-3-1-5-14(19)16(17-11-25-20-8-4-2-6-15(17)20)12-26-21(29)18-13-27-23-28(22(18)30)9-10-31-23/h1-8,11,13,16,25H,9-10,12H2,(H,26,29)/t16-/m1/s1. The first-order valence-corrected chi connectivity index (χ1v) is 11.3. The van der Waals surface area contributed by atoms with Crippen LogP contribution < -0.4 is 10.9 Å². The zero-order chi connectivity index (χ0) is 21.4. The molecule has 4 aromatic rings. The van der Waals surface area contributed by atoms with Crippen LogP contribution in [0.3, 0.4) is 0 Å². The summed E-state index contributed by atoms with van der Waals surface area (Å²) in [6.45, 7) is 0.866. The van der Waals surface area contributed by atoms with E-state index < -0.39 is 5.91 Å². The molecule has 2 aromatic heterocycles. The van der Waals surface area contributed by atoms with E-state index in [9.17, 15) is 9.59 Å². The van der Waals surface area contributed by atoms with Gasteiger partial charge in [0.05, 0.1) is 0 Å². The van der Waals surface area contributed by atoms with Crippen LogP contribution in [-0.2, 0) is 6.54 Å². The first-order chi connectivity index (χ1) is 15.1. The van der Waals surface area contributed by atoms with Gasteiger partial charge in [0.2, 0.25) is 0 Å². The van der Waals surface area contributed by atoms with Crippen LogP contribution in [0, 0.1) is 0 Å². The van der Waals surface area contributed by atoms with E-state index in [2.05, 4.69) is 15.3 Å². The Balaban J connectivity index is 1.48. The van der Waals surface area contributed by atoms with Crippen molar-refractivity contribution < 1.29 is 4.79 Å². The molecule has 0 fully saturated rings. The molecule has 5 rings (SSSR count). The average Bonchev–Trinajstić information content (AvgIpc) is 3.43. The Morgan fingerprint density at radius 3 is 2.87 bits per heavy atom. The molecule has 0 unspecified atom stereocenters. The van der Waals surface area contributed by atoms with Gasteiger partial charge in [0, 0.05) is 53.1 Å². The Labute approximate surface area is 187 Å². The van der Waals surface area contributed by atoms with Crippen molar-refractivity contribution in [2.45, 2.75) is 17.6 Å². The molecule has 0 bridgehead atoms. The van der Waals surface area contributed by atoms with Gasteiger partial charge in [-0.25, -0.2) is 4.98 Å². The van der Waals surface area contributed by atoms with Gasteiger partial charge in [-0.3, -0.25) is 14.2 Å². The SMILES string of the molecule is O=C(NC[C@H](c1ccccc1Cl)c1c[nH]c2ccccc12)c1cnc2n(c1=O)CCS2. The van der Waals surface area contributed by atoms with Crippen molar-refractivity contribution in [1.82, 2.24) is 19.9 Å². The highest BCUT2D eigenvalue weighted by molar-refractivity contribution is 7.99. The van der Waals surface area contributed by atoms with Crippen molar-refractivity contribution in [2.75, 3.05) is 12.3 Å². The number of para-hydroxylation sites is 1. The van der Waals surface area contributed by atoms with Crippen LogP contribution in [0.15, 0.2) is 70.9 Å². The molecule has 0 aliphatic carbocycles. The minimum atomic E-state index is -0.429. The minimum Gasteiger partial charge on any atom is -0.361 e. The van der Waals surface area contributed by atoms with Gasteiger partial charge < -0.3 is 10.3 Å². The second-order valence-electron chi connectivity index (χ2n) is 7.33. The van der Waals surface area contributed by atoms with Crippen molar-refractivity contribution in [3.05, 3.63) is 93.0 Å². The van der Waals surface area contributed by atoms with Gasteiger partial charge in [-0.15, -0.1) is 0 Å². The molecular weight excluding hydrogens is 432 g/mol. The zero-order valence-corrected chi connectivity index (χ0v) is 18.0. The summed E-state index contributed by atoms with van der Waals surface area (Å²) in [7, 11) is 0. The minimum absolute atomic E-state index is 0.0584. The van der Waals surface area contributed by atoms with E-state index in [0.29, 0.717) is 23.3 Å². The second kappa shape index (κ2) is 8.24. The maximum absolute atomic E-state index is 12.9. The molecule has 1 atom stereocenters. The number of H-pyrrole nitrogens is 1. The highest BCUT2D eigenvalue weighted by Gasteiger charge is 2.24. The number of halogens is 1. The third-order valence-corrected chi connectivity index (χ3v) is 6.86. The molecule has 2 N–H and O–H groups in total. The normalized spacial score (nSPS) is 13.8. The first-order valence-electron chi connectivity index (χ1n) is 9.95. The number of hydrogen-bond acceptors (Lipinski definition) is 4. The largest absolute Gasteiger partial charge is 0.361 e. The van der Waals surface area contributed by atoms with Crippen molar-refractivity contribution in [2.24, 2.45) is 0 Å². The number of fused-ring (bicyclic) bond motifs is 2. The molecule has 0 saturated heterocycles. The summed E-state index contributed by atoms with van der Waals surface area (Å²) in [5, 5.41) is 5.30. The van der Waals surface area contributed by atoms with Gasteiger partial charge in [0.1, 0.15) is 5.56 Å². The fraction of sp³-hybridized carbons (Fsp3) is 0.174. The number of carbonyl (C=O) groups excluding carboxylic acids is 1. The molecule has 0 saturated carbocycles. The van der Waals surface area contributed by atoms with Crippen LogP contribution >= 0.6 is 23.4 Å². The molecule has 2 aromatic carbocycles.